The van der Waals surface area contributed by atoms with Crippen LogP contribution in [0.2, 0.25) is 0 Å². The van der Waals surface area contributed by atoms with Gasteiger partial charge in [0.1, 0.15) is 11.5 Å². The summed E-state index contributed by atoms with van der Waals surface area (Å²) in [6, 6.07) is 11.6. The van der Waals surface area contributed by atoms with E-state index in [0.29, 0.717) is 11.4 Å². The maximum Gasteiger partial charge on any atom is 0.145 e. The second kappa shape index (κ2) is 5.63. The maximum atomic E-state index is 9.45. The number of benzene rings is 1. The highest BCUT2D eigenvalue weighted by atomic mass is 16.5. The molecule has 2 aromatic rings. The van der Waals surface area contributed by atoms with Crippen LogP contribution in [0.4, 0.5) is 0 Å². The van der Waals surface area contributed by atoms with Gasteiger partial charge in [-0.05, 0) is 30.5 Å². The molecule has 0 unspecified atom stereocenters. The van der Waals surface area contributed by atoms with Gasteiger partial charge in [-0.15, -0.1) is 0 Å². The summed E-state index contributed by atoms with van der Waals surface area (Å²) in [6.45, 7) is 8.16. The van der Waals surface area contributed by atoms with Gasteiger partial charge in [0.25, 0.3) is 0 Å². The van der Waals surface area contributed by atoms with Gasteiger partial charge in [-0.25, -0.2) is 0 Å². The molecule has 0 saturated carbocycles. The first-order chi connectivity index (χ1) is 9.38. The molecule has 106 valence electrons. The van der Waals surface area contributed by atoms with E-state index in [2.05, 4.69) is 31.8 Å². The fraction of sp³-hybridized carbons (Fsp3) is 0.353. The molecule has 0 aliphatic rings. The summed E-state index contributed by atoms with van der Waals surface area (Å²) in [6.07, 6.45) is 1.08. The summed E-state index contributed by atoms with van der Waals surface area (Å²) in [5.41, 5.74) is 1.81. The Morgan fingerprint density at radius 2 is 1.80 bits per heavy atom. The highest BCUT2D eigenvalue weighted by Crippen LogP contribution is 2.33. The summed E-state index contributed by atoms with van der Waals surface area (Å²) in [5.74, 6) is 1.51. The van der Waals surface area contributed by atoms with Crippen LogP contribution < -0.4 is 4.74 Å². The van der Waals surface area contributed by atoms with Gasteiger partial charge in [-0.3, -0.25) is 4.98 Å². The fourth-order valence-corrected chi connectivity index (χ4v) is 2.00. The van der Waals surface area contributed by atoms with Crippen LogP contribution in [0, 0.1) is 0 Å². The third kappa shape index (κ3) is 3.36. The van der Waals surface area contributed by atoms with E-state index in [1.54, 1.807) is 19.2 Å². The molecule has 1 aromatic heterocycles. The van der Waals surface area contributed by atoms with Crippen LogP contribution in [-0.4, -0.2) is 10.1 Å². The number of nitrogens with zero attached hydrogens (tertiary/aromatic N) is 1. The highest BCUT2D eigenvalue weighted by molar-refractivity contribution is 5.41. The molecule has 0 aliphatic heterocycles. The van der Waals surface area contributed by atoms with Gasteiger partial charge in [0.05, 0.1) is 18.0 Å². The lowest BCUT2D eigenvalue weighted by Crippen LogP contribution is -2.12. The number of aliphatic hydroxyl groups excluding tert-OH is 1. The zero-order valence-electron chi connectivity index (χ0n) is 12.4. The van der Waals surface area contributed by atoms with Gasteiger partial charge >= 0.3 is 0 Å². The lowest BCUT2D eigenvalue weighted by Gasteiger charge is -2.22. The molecule has 0 saturated heterocycles. The Kier molecular flexibility index (Phi) is 4.09. The number of rotatable bonds is 3. The van der Waals surface area contributed by atoms with E-state index in [0.717, 1.165) is 11.3 Å². The third-order valence-corrected chi connectivity index (χ3v) is 3.11. The van der Waals surface area contributed by atoms with Crippen molar-refractivity contribution in [3.05, 3.63) is 53.9 Å². The van der Waals surface area contributed by atoms with Gasteiger partial charge in [0.15, 0.2) is 0 Å². The molecule has 1 N–H and O–H groups in total. The van der Waals surface area contributed by atoms with E-state index >= 15 is 0 Å². The number of para-hydroxylation sites is 1. The SMILES string of the molecule is C[C@H](O)c1ccc(Oc2ccccc2C(C)(C)C)cn1. The first kappa shape index (κ1) is 14.5. The molecule has 0 amide bonds. The predicted molar refractivity (Wildman–Crippen MR) is 80.1 cm³/mol. The first-order valence-corrected chi connectivity index (χ1v) is 6.79. The summed E-state index contributed by atoms with van der Waals surface area (Å²) < 4.78 is 5.93. The minimum atomic E-state index is -0.564. The molecular weight excluding hydrogens is 250 g/mol. The first-order valence-electron chi connectivity index (χ1n) is 6.79. The predicted octanol–water partition coefficient (Wildman–Crippen LogP) is 4.22. The number of aliphatic hydroxyl groups is 1. The molecule has 0 radical (unpaired) electrons. The van der Waals surface area contributed by atoms with Crippen LogP contribution in [0.5, 0.6) is 11.5 Å². The Balaban J connectivity index is 2.26. The standard InChI is InChI=1S/C17H21NO2/c1-12(19)15-10-9-13(11-18-15)20-16-8-6-5-7-14(16)17(2,3)4/h5-12,19H,1-4H3/t12-/m0/s1. The topological polar surface area (TPSA) is 42.4 Å². The Hall–Kier alpha value is -1.87. The van der Waals surface area contributed by atoms with E-state index < -0.39 is 6.10 Å². The summed E-state index contributed by atoms with van der Waals surface area (Å²) in [4.78, 5) is 4.19. The van der Waals surface area contributed by atoms with E-state index in [-0.39, 0.29) is 5.41 Å². The molecule has 0 aliphatic carbocycles. The molecule has 1 heterocycles. The average molecular weight is 271 g/mol. The minimum Gasteiger partial charge on any atom is -0.455 e. The van der Waals surface area contributed by atoms with Crippen LogP contribution in [-0.2, 0) is 5.41 Å². The van der Waals surface area contributed by atoms with Crippen molar-refractivity contribution >= 4 is 0 Å². The van der Waals surface area contributed by atoms with Crippen molar-refractivity contribution in [3.8, 4) is 11.5 Å². The van der Waals surface area contributed by atoms with Crippen molar-refractivity contribution in [1.29, 1.82) is 0 Å². The van der Waals surface area contributed by atoms with Crippen molar-refractivity contribution in [1.82, 2.24) is 4.98 Å². The zero-order chi connectivity index (χ0) is 14.8. The van der Waals surface area contributed by atoms with Crippen molar-refractivity contribution in [2.45, 2.75) is 39.2 Å². The van der Waals surface area contributed by atoms with Crippen molar-refractivity contribution in [2.24, 2.45) is 0 Å². The van der Waals surface area contributed by atoms with Crippen LogP contribution in [0.1, 0.15) is 45.1 Å². The Morgan fingerprint density at radius 3 is 2.35 bits per heavy atom. The molecule has 0 fully saturated rings. The number of hydrogen-bond donors (Lipinski definition) is 1. The highest BCUT2D eigenvalue weighted by Gasteiger charge is 2.18. The van der Waals surface area contributed by atoms with Gasteiger partial charge in [-0.1, -0.05) is 39.0 Å². The zero-order valence-corrected chi connectivity index (χ0v) is 12.4. The van der Waals surface area contributed by atoms with Crippen LogP contribution in [0.3, 0.4) is 0 Å². The summed E-state index contributed by atoms with van der Waals surface area (Å²) in [5, 5.41) is 9.45. The Bertz CT molecular complexity index is 568. The Labute approximate surface area is 120 Å². The molecule has 1 atom stereocenters. The monoisotopic (exact) mass is 271 g/mol. The third-order valence-electron chi connectivity index (χ3n) is 3.11. The largest absolute Gasteiger partial charge is 0.455 e. The van der Waals surface area contributed by atoms with Gasteiger partial charge in [-0.2, -0.15) is 0 Å². The van der Waals surface area contributed by atoms with Crippen molar-refractivity contribution in [2.75, 3.05) is 0 Å². The van der Waals surface area contributed by atoms with E-state index in [1.807, 2.05) is 24.3 Å². The molecule has 2 rings (SSSR count). The lowest BCUT2D eigenvalue weighted by atomic mass is 9.86. The van der Waals surface area contributed by atoms with Crippen LogP contribution in [0.25, 0.3) is 0 Å². The van der Waals surface area contributed by atoms with E-state index in [1.165, 1.54) is 0 Å². The molecular formula is C17H21NO2. The molecule has 1 aromatic carbocycles. The number of hydrogen-bond acceptors (Lipinski definition) is 3. The smallest absolute Gasteiger partial charge is 0.145 e. The quantitative estimate of drug-likeness (QED) is 0.908. The molecule has 3 heteroatoms. The Morgan fingerprint density at radius 1 is 1.10 bits per heavy atom. The maximum absolute atomic E-state index is 9.45. The number of pyridine rings is 1. The van der Waals surface area contributed by atoms with E-state index in [4.69, 9.17) is 4.74 Å². The van der Waals surface area contributed by atoms with Gasteiger partial charge < -0.3 is 9.84 Å². The van der Waals surface area contributed by atoms with Crippen LogP contribution in [0.15, 0.2) is 42.6 Å². The van der Waals surface area contributed by atoms with Crippen molar-refractivity contribution in [3.63, 3.8) is 0 Å². The molecule has 0 bridgehead atoms. The van der Waals surface area contributed by atoms with Crippen molar-refractivity contribution < 1.29 is 9.84 Å². The number of ether oxygens (including phenoxy) is 1. The van der Waals surface area contributed by atoms with Gasteiger partial charge in [0.2, 0.25) is 0 Å². The van der Waals surface area contributed by atoms with Gasteiger partial charge in [0, 0.05) is 5.56 Å². The lowest BCUT2D eigenvalue weighted by molar-refractivity contribution is 0.194. The summed E-state index contributed by atoms with van der Waals surface area (Å²) in [7, 11) is 0. The summed E-state index contributed by atoms with van der Waals surface area (Å²) >= 11 is 0. The molecule has 20 heavy (non-hydrogen) atoms. The second-order valence-corrected chi connectivity index (χ2v) is 5.94. The molecule has 0 spiro atoms. The average Bonchev–Trinajstić information content (AvgIpc) is 2.38. The minimum absolute atomic E-state index is 0.0174. The fourth-order valence-electron chi connectivity index (χ4n) is 2.00. The van der Waals surface area contributed by atoms with Crippen LogP contribution >= 0.6 is 0 Å². The normalized spacial score (nSPS) is 13.1. The second-order valence-electron chi connectivity index (χ2n) is 5.94. The van der Waals surface area contributed by atoms with E-state index in [9.17, 15) is 5.11 Å². The number of aromatic nitrogens is 1. The molecule has 3 nitrogen and oxygen atoms in total.